The van der Waals surface area contributed by atoms with Crippen molar-refractivity contribution in [1.29, 1.82) is 0 Å². The van der Waals surface area contributed by atoms with Gasteiger partial charge in [-0.25, -0.2) is 8.78 Å². The molecule has 1 heterocycles. The zero-order chi connectivity index (χ0) is 13.3. The van der Waals surface area contributed by atoms with Crippen LogP contribution in [0.15, 0.2) is 30.5 Å². The lowest BCUT2D eigenvalue weighted by Crippen LogP contribution is -2.09. The van der Waals surface area contributed by atoms with Gasteiger partial charge in [0, 0.05) is 6.20 Å². The van der Waals surface area contributed by atoms with Gasteiger partial charge in [-0.2, -0.15) is 0 Å². The average Bonchev–Trinajstić information content (AvgIpc) is 2.28. The third-order valence-corrected chi connectivity index (χ3v) is 2.79. The number of halogens is 2. The molecule has 2 aromatic rings. The van der Waals surface area contributed by atoms with Gasteiger partial charge in [0.05, 0.1) is 11.3 Å². The van der Waals surface area contributed by atoms with Crippen LogP contribution in [0.25, 0.3) is 0 Å². The lowest BCUT2D eigenvalue weighted by molar-refractivity contribution is 0.203. The lowest BCUT2D eigenvalue weighted by Gasteiger charge is -2.14. The highest BCUT2D eigenvalue weighted by Gasteiger charge is 2.21. The third kappa shape index (κ3) is 2.24. The summed E-state index contributed by atoms with van der Waals surface area (Å²) >= 11 is 0. The van der Waals surface area contributed by atoms with Crippen LogP contribution in [-0.2, 0) is 0 Å². The minimum absolute atomic E-state index is 0.268. The summed E-state index contributed by atoms with van der Waals surface area (Å²) in [6.07, 6.45) is 0.163. The molecule has 1 unspecified atom stereocenters. The minimum Gasteiger partial charge on any atom is -0.382 e. The highest BCUT2D eigenvalue weighted by molar-refractivity contribution is 5.33. The van der Waals surface area contributed by atoms with E-state index in [0.29, 0.717) is 5.56 Å². The Labute approximate surface area is 104 Å². The summed E-state index contributed by atoms with van der Waals surface area (Å²) in [4.78, 5) is 4.05. The molecule has 94 valence electrons. The fraction of sp³-hybridized carbons (Fsp3) is 0.214. The first-order valence-electron chi connectivity index (χ1n) is 5.56. The first-order chi connectivity index (χ1) is 8.50. The van der Waals surface area contributed by atoms with Gasteiger partial charge < -0.3 is 5.11 Å². The summed E-state index contributed by atoms with van der Waals surface area (Å²) < 4.78 is 27.1. The number of aryl methyl sites for hydroxylation is 2. The fourth-order valence-electron chi connectivity index (χ4n) is 1.92. The summed E-state index contributed by atoms with van der Waals surface area (Å²) in [5.74, 6) is -1.55. The molecule has 1 atom stereocenters. The Kier molecular flexibility index (Phi) is 3.39. The average molecular weight is 249 g/mol. The van der Waals surface area contributed by atoms with E-state index in [9.17, 15) is 13.9 Å². The maximum atomic E-state index is 13.6. The molecule has 0 spiro atoms. The van der Waals surface area contributed by atoms with E-state index >= 15 is 0 Å². The maximum absolute atomic E-state index is 13.6. The van der Waals surface area contributed by atoms with Crippen molar-refractivity contribution >= 4 is 0 Å². The van der Waals surface area contributed by atoms with Crippen molar-refractivity contribution in [1.82, 2.24) is 4.98 Å². The van der Waals surface area contributed by atoms with Crippen molar-refractivity contribution in [2.75, 3.05) is 0 Å². The smallest absolute Gasteiger partial charge is 0.132 e. The van der Waals surface area contributed by atoms with Crippen LogP contribution >= 0.6 is 0 Å². The standard InChI is InChI=1S/C14H13F2NO/c1-8-6-9(2)13(17-7-8)14(18)12-10(15)4-3-5-11(12)16/h3-7,14,18H,1-2H3. The van der Waals surface area contributed by atoms with Gasteiger partial charge in [0.2, 0.25) is 0 Å². The molecule has 0 aliphatic carbocycles. The Morgan fingerprint density at radius 2 is 1.78 bits per heavy atom. The van der Waals surface area contributed by atoms with Crippen molar-refractivity contribution in [3.05, 3.63) is 64.5 Å². The van der Waals surface area contributed by atoms with Gasteiger partial charge in [-0.3, -0.25) is 4.98 Å². The normalized spacial score (nSPS) is 12.5. The van der Waals surface area contributed by atoms with Gasteiger partial charge in [-0.05, 0) is 37.1 Å². The molecule has 0 saturated carbocycles. The first kappa shape index (κ1) is 12.6. The van der Waals surface area contributed by atoms with Crippen molar-refractivity contribution < 1.29 is 13.9 Å². The number of aromatic nitrogens is 1. The number of pyridine rings is 1. The Morgan fingerprint density at radius 3 is 2.33 bits per heavy atom. The van der Waals surface area contributed by atoms with Crippen LogP contribution in [0.1, 0.15) is 28.5 Å². The molecule has 0 bridgehead atoms. The third-order valence-electron chi connectivity index (χ3n) is 2.79. The van der Waals surface area contributed by atoms with Crippen molar-refractivity contribution in [2.24, 2.45) is 0 Å². The molecule has 0 aliphatic rings. The quantitative estimate of drug-likeness (QED) is 0.887. The van der Waals surface area contributed by atoms with Crippen LogP contribution in [0.5, 0.6) is 0 Å². The van der Waals surface area contributed by atoms with Gasteiger partial charge in [0.1, 0.15) is 17.7 Å². The summed E-state index contributed by atoms with van der Waals surface area (Å²) in [6.45, 7) is 3.61. The Hall–Kier alpha value is -1.81. The van der Waals surface area contributed by atoms with Crippen molar-refractivity contribution in [2.45, 2.75) is 20.0 Å². The van der Waals surface area contributed by atoms with E-state index in [-0.39, 0.29) is 11.3 Å². The molecule has 2 rings (SSSR count). The Bertz CT molecular complexity index is 564. The molecule has 0 amide bonds. The number of nitrogens with zero attached hydrogens (tertiary/aromatic N) is 1. The van der Waals surface area contributed by atoms with E-state index in [4.69, 9.17) is 0 Å². The molecular weight excluding hydrogens is 236 g/mol. The zero-order valence-corrected chi connectivity index (χ0v) is 10.1. The highest BCUT2D eigenvalue weighted by atomic mass is 19.1. The highest BCUT2D eigenvalue weighted by Crippen LogP contribution is 2.27. The van der Waals surface area contributed by atoms with E-state index in [1.807, 2.05) is 13.0 Å². The molecule has 1 aromatic carbocycles. The number of rotatable bonds is 2. The SMILES string of the molecule is Cc1cnc(C(O)c2c(F)cccc2F)c(C)c1. The largest absolute Gasteiger partial charge is 0.382 e. The molecule has 0 fully saturated rings. The summed E-state index contributed by atoms with van der Waals surface area (Å²) in [5, 5.41) is 10.1. The molecule has 18 heavy (non-hydrogen) atoms. The van der Waals surface area contributed by atoms with Crippen molar-refractivity contribution in [3.8, 4) is 0 Å². The molecule has 0 radical (unpaired) electrons. The van der Waals surface area contributed by atoms with Crippen LogP contribution in [0.3, 0.4) is 0 Å². The van der Waals surface area contributed by atoms with E-state index < -0.39 is 17.7 Å². The van der Waals surface area contributed by atoms with E-state index in [1.54, 1.807) is 13.1 Å². The number of benzene rings is 1. The molecular formula is C14H13F2NO. The van der Waals surface area contributed by atoms with Gasteiger partial charge in [0.15, 0.2) is 0 Å². The maximum Gasteiger partial charge on any atom is 0.132 e. The molecule has 1 aromatic heterocycles. The topological polar surface area (TPSA) is 33.1 Å². The summed E-state index contributed by atoms with van der Waals surface area (Å²) in [5.41, 5.74) is 1.53. The second-order valence-electron chi connectivity index (χ2n) is 4.25. The second kappa shape index (κ2) is 4.82. The van der Waals surface area contributed by atoms with Crippen LogP contribution in [0.2, 0.25) is 0 Å². The summed E-state index contributed by atoms with van der Waals surface area (Å²) in [7, 11) is 0. The Morgan fingerprint density at radius 1 is 1.17 bits per heavy atom. The first-order valence-corrected chi connectivity index (χ1v) is 5.56. The molecule has 0 aliphatic heterocycles. The predicted molar refractivity (Wildman–Crippen MR) is 64.1 cm³/mol. The number of aliphatic hydroxyl groups excluding tert-OH is 1. The van der Waals surface area contributed by atoms with E-state index in [2.05, 4.69) is 4.98 Å². The van der Waals surface area contributed by atoms with Crippen LogP contribution < -0.4 is 0 Å². The van der Waals surface area contributed by atoms with Gasteiger partial charge in [0.25, 0.3) is 0 Å². The van der Waals surface area contributed by atoms with E-state index in [0.717, 1.165) is 17.7 Å². The van der Waals surface area contributed by atoms with Crippen LogP contribution in [0.4, 0.5) is 8.78 Å². The number of hydrogen-bond donors (Lipinski definition) is 1. The molecule has 0 saturated heterocycles. The number of hydrogen-bond acceptors (Lipinski definition) is 2. The summed E-state index contributed by atoms with van der Waals surface area (Å²) in [6, 6.07) is 5.30. The van der Waals surface area contributed by atoms with Gasteiger partial charge in [-0.1, -0.05) is 12.1 Å². The minimum atomic E-state index is -1.40. The monoisotopic (exact) mass is 249 g/mol. The predicted octanol–water partition coefficient (Wildman–Crippen LogP) is 3.06. The Balaban J connectivity index is 2.51. The van der Waals surface area contributed by atoms with Crippen molar-refractivity contribution in [3.63, 3.8) is 0 Å². The van der Waals surface area contributed by atoms with Crippen LogP contribution in [-0.4, -0.2) is 10.1 Å². The lowest BCUT2D eigenvalue weighted by atomic mass is 10.0. The molecule has 2 nitrogen and oxygen atoms in total. The van der Waals surface area contributed by atoms with Gasteiger partial charge >= 0.3 is 0 Å². The number of aliphatic hydroxyl groups is 1. The fourth-order valence-corrected chi connectivity index (χ4v) is 1.92. The molecule has 4 heteroatoms. The van der Waals surface area contributed by atoms with Crippen LogP contribution in [0, 0.1) is 25.5 Å². The zero-order valence-electron chi connectivity index (χ0n) is 10.1. The van der Waals surface area contributed by atoms with Gasteiger partial charge in [-0.15, -0.1) is 0 Å². The second-order valence-corrected chi connectivity index (χ2v) is 4.25. The molecule has 1 N–H and O–H groups in total. The van der Waals surface area contributed by atoms with E-state index in [1.165, 1.54) is 6.07 Å².